The largest absolute Gasteiger partial charge is 0.416 e. The van der Waals surface area contributed by atoms with Crippen LogP contribution in [-0.4, -0.2) is 60.7 Å². The number of hydrogen-bond donors (Lipinski definition) is 3. The van der Waals surface area contributed by atoms with Crippen LogP contribution >= 0.6 is 0 Å². The van der Waals surface area contributed by atoms with Gasteiger partial charge < -0.3 is 20.6 Å². The Morgan fingerprint density at radius 3 is 2.54 bits per heavy atom. The van der Waals surface area contributed by atoms with Crippen molar-refractivity contribution in [3.63, 3.8) is 0 Å². The zero-order valence-corrected chi connectivity index (χ0v) is 14.5. The van der Waals surface area contributed by atoms with Crippen LogP contribution in [0.15, 0.2) is 29.3 Å². The molecule has 1 heterocycles. The van der Waals surface area contributed by atoms with Crippen LogP contribution in [0.4, 0.5) is 13.2 Å². The van der Waals surface area contributed by atoms with Gasteiger partial charge in [-0.1, -0.05) is 0 Å². The predicted octanol–water partition coefficient (Wildman–Crippen LogP) is 1.47. The summed E-state index contributed by atoms with van der Waals surface area (Å²) in [6, 6.07) is 4.07. The van der Waals surface area contributed by atoms with Crippen molar-refractivity contribution in [2.24, 2.45) is 4.99 Å². The molecule has 0 radical (unpaired) electrons. The highest BCUT2D eigenvalue weighted by Crippen LogP contribution is 2.29. The number of rotatable bonds is 5. The topological polar surface area (TPSA) is 77.0 Å². The van der Waals surface area contributed by atoms with E-state index in [-0.39, 0.29) is 18.2 Å². The van der Waals surface area contributed by atoms with Gasteiger partial charge in [0.25, 0.3) is 5.91 Å². The Kier molecular flexibility index (Phi) is 6.84. The van der Waals surface area contributed by atoms with E-state index in [1.165, 1.54) is 0 Å². The molecule has 1 aliphatic rings. The van der Waals surface area contributed by atoms with Crippen molar-refractivity contribution in [1.29, 1.82) is 0 Å². The number of carbonyl (C=O) groups excluding carboxylic acids is 1. The third kappa shape index (κ3) is 5.62. The fourth-order valence-corrected chi connectivity index (χ4v) is 2.60. The Labute approximate surface area is 150 Å². The average molecular weight is 372 g/mol. The molecule has 9 heteroatoms. The molecule has 26 heavy (non-hydrogen) atoms. The number of aliphatic hydroxyl groups excluding tert-OH is 1. The molecule has 1 atom stereocenters. The number of likely N-dealkylation sites (tertiary alicyclic amines) is 1. The van der Waals surface area contributed by atoms with Crippen molar-refractivity contribution in [3.05, 3.63) is 35.4 Å². The molecule has 1 amide bonds. The van der Waals surface area contributed by atoms with E-state index in [1.54, 1.807) is 0 Å². The number of aliphatic hydroxyl groups is 1. The van der Waals surface area contributed by atoms with Gasteiger partial charge in [-0.2, -0.15) is 13.2 Å². The number of aliphatic imine (C=N–C) groups is 1. The first kappa shape index (κ1) is 20.0. The van der Waals surface area contributed by atoms with E-state index in [0.717, 1.165) is 24.3 Å². The normalized spacial score (nSPS) is 18.1. The number of amides is 1. The first-order chi connectivity index (χ1) is 12.3. The maximum absolute atomic E-state index is 12.5. The molecule has 6 nitrogen and oxygen atoms in total. The lowest BCUT2D eigenvalue weighted by Gasteiger charge is -2.20. The number of hydrogen-bond acceptors (Lipinski definition) is 3. The standard InChI is InChI=1S/C17H23F3N4O2/c1-2-21-16(24-10-7-14(25)11-24)23-9-8-22-15(26)12-3-5-13(6-4-12)17(18,19)20/h3-6,14,25H,2,7-11H2,1H3,(H,21,23)(H,22,26)/t14-/m1/s1. The molecule has 0 saturated carbocycles. The molecule has 144 valence electrons. The highest BCUT2D eigenvalue weighted by Gasteiger charge is 2.30. The molecule has 0 aromatic heterocycles. The molecular formula is C17H23F3N4O2. The second-order valence-electron chi connectivity index (χ2n) is 5.96. The summed E-state index contributed by atoms with van der Waals surface area (Å²) in [5.41, 5.74) is -0.627. The van der Waals surface area contributed by atoms with E-state index in [0.29, 0.717) is 38.6 Å². The third-order valence-electron chi connectivity index (χ3n) is 3.93. The number of β-amino-alcohol motifs (C(OH)–C–C–N with tert-alkyl or cyclic N) is 1. The second-order valence-corrected chi connectivity index (χ2v) is 5.96. The first-order valence-corrected chi connectivity index (χ1v) is 8.48. The van der Waals surface area contributed by atoms with E-state index in [1.807, 2.05) is 11.8 Å². The number of benzene rings is 1. The highest BCUT2D eigenvalue weighted by molar-refractivity contribution is 5.94. The van der Waals surface area contributed by atoms with Crippen LogP contribution in [0.25, 0.3) is 0 Å². The number of nitrogens with zero attached hydrogens (tertiary/aromatic N) is 2. The van der Waals surface area contributed by atoms with E-state index in [4.69, 9.17) is 0 Å². The van der Waals surface area contributed by atoms with Crippen LogP contribution in [0.2, 0.25) is 0 Å². The van der Waals surface area contributed by atoms with Crippen LogP contribution in [0.5, 0.6) is 0 Å². The minimum Gasteiger partial charge on any atom is -0.391 e. The van der Waals surface area contributed by atoms with Crippen molar-refractivity contribution in [1.82, 2.24) is 15.5 Å². The van der Waals surface area contributed by atoms with Crippen molar-refractivity contribution in [2.75, 3.05) is 32.7 Å². The SMILES string of the molecule is CCNC(=NCCNC(=O)c1ccc(C(F)(F)F)cc1)N1CC[C@@H](O)C1. The number of nitrogens with one attached hydrogen (secondary N) is 2. The summed E-state index contributed by atoms with van der Waals surface area (Å²) in [5.74, 6) is 0.225. The molecule has 1 aromatic rings. The third-order valence-corrected chi connectivity index (χ3v) is 3.93. The van der Waals surface area contributed by atoms with Gasteiger partial charge >= 0.3 is 6.18 Å². The van der Waals surface area contributed by atoms with E-state index >= 15 is 0 Å². The molecule has 3 N–H and O–H groups in total. The molecule has 0 bridgehead atoms. The van der Waals surface area contributed by atoms with Crippen LogP contribution in [-0.2, 0) is 6.18 Å². The number of halogens is 3. The van der Waals surface area contributed by atoms with Crippen molar-refractivity contribution in [2.45, 2.75) is 25.6 Å². The number of guanidine groups is 1. The average Bonchev–Trinajstić information content (AvgIpc) is 3.03. The van der Waals surface area contributed by atoms with E-state index in [9.17, 15) is 23.1 Å². The lowest BCUT2D eigenvalue weighted by Crippen LogP contribution is -2.41. The van der Waals surface area contributed by atoms with Crippen molar-refractivity contribution in [3.8, 4) is 0 Å². The molecule has 1 aliphatic heterocycles. The highest BCUT2D eigenvalue weighted by atomic mass is 19.4. The Morgan fingerprint density at radius 1 is 1.31 bits per heavy atom. The smallest absolute Gasteiger partial charge is 0.391 e. The fourth-order valence-electron chi connectivity index (χ4n) is 2.60. The summed E-state index contributed by atoms with van der Waals surface area (Å²) >= 11 is 0. The fraction of sp³-hybridized carbons (Fsp3) is 0.529. The molecule has 2 rings (SSSR count). The minimum absolute atomic E-state index is 0.163. The van der Waals surface area contributed by atoms with Crippen LogP contribution in [0.3, 0.4) is 0 Å². The van der Waals surface area contributed by atoms with Gasteiger partial charge in [0.2, 0.25) is 0 Å². The molecular weight excluding hydrogens is 349 g/mol. The van der Waals surface area contributed by atoms with Crippen LogP contribution in [0, 0.1) is 0 Å². The maximum Gasteiger partial charge on any atom is 0.416 e. The summed E-state index contributed by atoms with van der Waals surface area (Å²) in [4.78, 5) is 18.3. The van der Waals surface area contributed by atoms with Gasteiger partial charge in [0.05, 0.1) is 18.2 Å². The Hall–Kier alpha value is -2.29. The number of alkyl halides is 3. The summed E-state index contributed by atoms with van der Waals surface area (Å²) in [6.45, 7) is 4.43. The van der Waals surface area contributed by atoms with Gasteiger partial charge in [-0.15, -0.1) is 0 Å². The predicted molar refractivity (Wildman–Crippen MR) is 92.0 cm³/mol. The zero-order chi connectivity index (χ0) is 19.2. The Balaban J connectivity index is 1.84. The van der Waals surface area contributed by atoms with Gasteiger partial charge in [0.1, 0.15) is 0 Å². The molecule has 1 fully saturated rings. The molecule has 0 aliphatic carbocycles. The van der Waals surface area contributed by atoms with E-state index in [2.05, 4.69) is 15.6 Å². The number of carbonyl (C=O) groups is 1. The second kappa shape index (κ2) is 8.88. The quantitative estimate of drug-likeness (QED) is 0.416. The van der Waals surface area contributed by atoms with Gasteiger partial charge in [-0.25, -0.2) is 0 Å². The lowest BCUT2D eigenvalue weighted by molar-refractivity contribution is -0.137. The maximum atomic E-state index is 12.5. The molecule has 1 aromatic carbocycles. The molecule has 0 spiro atoms. The molecule has 1 saturated heterocycles. The van der Waals surface area contributed by atoms with Gasteiger partial charge in [0, 0.05) is 31.7 Å². The van der Waals surface area contributed by atoms with Gasteiger partial charge in [0.15, 0.2) is 5.96 Å². The van der Waals surface area contributed by atoms with Gasteiger partial charge in [-0.05, 0) is 37.6 Å². The molecule has 0 unspecified atom stereocenters. The van der Waals surface area contributed by atoms with Crippen LogP contribution < -0.4 is 10.6 Å². The van der Waals surface area contributed by atoms with E-state index < -0.39 is 17.6 Å². The summed E-state index contributed by atoms with van der Waals surface area (Å²) in [6.07, 6.45) is -4.09. The summed E-state index contributed by atoms with van der Waals surface area (Å²) in [7, 11) is 0. The van der Waals surface area contributed by atoms with Gasteiger partial charge in [-0.3, -0.25) is 9.79 Å². The Morgan fingerprint density at radius 2 is 2.00 bits per heavy atom. The summed E-state index contributed by atoms with van der Waals surface area (Å²) < 4.78 is 37.6. The van der Waals surface area contributed by atoms with Crippen molar-refractivity contribution < 1.29 is 23.1 Å². The lowest BCUT2D eigenvalue weighted by atomic mass is 10.1. The Bertz CT molecular complexity index is 632. The zero-order valence-electron chi connectivity index (χ0n) is 14.5. The van der Waals surface area contributed by atoms with Crippen molar-refractivity contribution >= 4 is 11.9 Å². The minimum atomic E-state index is -4.42. The first-order valence-electron chi connectivity index (χ1n) is 8.48. The summed E-state index contributed by atoms with van der Waals surface area (Å²) in [5, 5.41) is 15.4. The monoisotopic (exact) mass is 372 g/mol. The van der Waals surface area contributed by atoms with Crippen LogP contribution in [0.1, 0.15) is 29.3 Å².